The summed E-state index contributed by atoms with van der Waals surface area (Å²) < 4.78 is 15.4. The molecule has 8 nitrogen and oxygen atoms in total. The number of thiazole rings is 1. The molecule has 0 saturated heterocycles. The first-order valence-electron chi connectivity index (χ1n) is 8.75. The van der Waals surface area contributed by atoms with Crippen LogP contribution in [0.2, 0.25) is 0 Å². The van der Waals surface area contributed by atoms with Gasteiger partial charge >= 0.3 is 0 Å². The number of fused-ring (bicyclic) bond motifs is 2. The molecule has 5 rings (SSSR count). The van der Waals surface area contributed by atoms with Crippen molar-refractivity contribution in [1.29, 1.82) is 0 Å². The lowest BCUT2D eigenvalue weighted by Gasteiger charge is -2.11. The number of rotatable bonds is 4. The van der Waals surface area contributed by atoms with E-state index in [1.54, 1.807) is 16.5 Å². The monoisotopic (exact) mass is 407 g/mol. The van der Waals surface area contributed by atoms with Gasteiger partial charge in [-0.2, -0.15) is 0 Å². The number of aromatic nitrogens is 6. The number of benzene rings is 1. The molecule has 10 heteroatoms. The van der Waals surface area contributed by atoms with Crippen LogP contribution >= 0.6 is 11.3 Å². The van der Waals surface area contributed by atoms with Crippen molar-refractivity contribution in [3.63, 3.8) is 0 Å². The predicted molar refractivity (Wildman–Crippen MR) is 108 cm³/mol. The fourth-order valence-electron chi connectivity index (χ4n) is 3.25. The number of halogens is 1. The third-order valence-electron chi connectivity index (χ3n) is 4.57. The van der Waals surface area contributed by atoms with Crippen LogP contribution in [0.4, 0.5) is 10.2 Å². The summed E-state index contributed by atoms with van der Waals surface area (Å²) in [6, 6.07) is 5.97. The molecule has 144 valence electrons. The number of aromatic amines is 1. The highest BCUT2D eigenvalue weighted by atomic mass is 32.1. The highest BCUT2D eigenvalue weighted by Gasteiger charge is 2.18. The quantitative estimate of drug-likeness (QED) is 0.475. The molecule has 5 aromatic rings. The molecule has 0 aliphatic rings. The Morgan fingerprint density at radius 3 is 3.03 bits per heavy atom. The second-order valence-corrected chi connectivity index (χ2v) is 7.26. The topological polar surface area (TPSA) is 101 Å². The van der Waals surface area contributed by atoms with E-state index in [0.717, 1.165) is 5.69 Å². The van der Waals surface area contributed by atoms with Gasteiger partial charge in [0.1, 0.15) is 17.7 Å². The van der Waals surface area contributed by atoms with Crippen LogP contribution < -0.4 is 10.9 Å². The zero-order valence-corrected chi connectivity index (χ0v) is 16.0. The van der Waals surface area contributed by atoms with Crippen LogP contribution in [0.15, 0.2) is 47.1 Å². The molecule has 2 N–H and O–H groups in total. The molecule has 4 aromatic heterocycles. The third-order valence-corrected chi connectivity index (χ3v) is 5.52. The Morgan fingerprint density at radius 1 is 1.28 bits per heavy atom. The minimum absolute atomic E-state index is 0.222. The van der Waals surface area contributed by atoms with E-state index in [1.807, 2.05) is 12.3 Å². The summed E-state index contributed by atoms with van der Waals surface area (Å²) in [4.78, 5) is 33.9. The van der Waals surface area contributed by atoms with Gasteiger partial charge in [-0.25, -0.2) is 24.3 Å². The lowest BCUT2D eigenvalue weighted by atomic mass is 10.0. The van der Waals surface area contributed by atoms with Crippen molar-refractivity contribution >= 4 is 33.3 Å². The van der Waals surface area contributed by atoms with Crippen LogP contribution in [-0.2, 0) is 6.54 Å². The second kappa shape index (κ2) is 6.74. The normalized spacial score (nSPS) is 11.4. The molecule has 0 fully saturated rings. The fraction of sp³-hybridized carbons (Fsp3) is 0.105. The van der Waals surface area contributed by atoms with Gasteiger partial charge in [0.25, 0.3) is 5.56 Å². The lowest BCUT2D eigenvalue weighted by Crippen LogP contribution is -2.21. The summed E-state index contributed by atoms with van der Waals surface area (Å²) in [7, 11) is 0. The SMILES string of the molecule is Cc1csc2nc(CNc3ncnc4nc[nH]c34)c(-c3cccc(F)c3)c(=O)n12. The van der Waals surface area contributed by atoms with Gasteiger partial charge in [-0.15, -0.1) is 11.3 Å². The molecule has 1 aromatic carbocycles. The molecule has 0 atom stereocenters. The van der Waals surface area contributed by atoms with Crippen LogP contribution in [0, 0.1) is 12.7 Å². The Kier molecular flexibility index (Phi) is 4.06. The van der Waals surface area contributed by atoms with E-state index in [-0.39, 0.29) is 12.1 Å². The van der Waals surface area contributed by atoms with Crippen LogP contribution in [0.3, 0.4) is 0 Å². The Bertz CT molecular complexity index is 1420. The van der Waals surface area contributed by atoms with E-state index in [9.17, 15) is 9.18 Å². The highest BCUT2D eigenvalue weighted by Crippen LogP contribution is 2.24. The van der Waals surface area contributed by atoms with Gasteiger partial charge in [0.15, 0.2) is 16.4 Å². The minimum Gasteiger partial charge on any atom is -0.362 e. The number of nitrogens with one attached hydrogen (secondary N) is 2. The Labute approximate surface area is 167 Å². The average molecular weight is 407 g/mol. The van der Waals surface area contributed by atoms with E-state index >= 15 is 0 Å². The first-order chi connectivity index (χ1) is 14.1. The molecule has 4 heterocycles. The molecule has 0 radical (unpaired) electrons. The van der Waals surface area contributed by atoms with E-state index in [0.29, 0.717) is 38.8 Å². The summed E-state index contributed by atoms with van der Waals surface area (Å²) >= 11 is 1.38. The molecular formula is C19H14FN7OS. The second-order valence-electron chi connectivity index (χ2n) is 6.42. The fourth-order valence-corrected chi connectivity index (χ4v) is 4.13. The molecular weight excluding hydrogens is 393 g/mol. The van der Waals surface area contributed by atoms with Crippen LogP contribution in [0.25, 0.3) is 27.3 Å². The number of aryl methyl sites for hydroxylation is 1. The number of nitrogens with zero attached hydrogens (tertiary/aromatic N) is 5. The average Bonchev–Trinajstić information content (AvgIpc) is 3.33. The van der Waals surface area contributed by atoms with E-state index in [1.165, 1.54) is 36.1 Å². The van der Waals surface area contributed by atoms with Gasteiger partial charge < -0.3 is 10.3 Å². The molecule has 0 unspecified atom stereocenters. The summed E-state index contributed by atoms with van der Waals surface area (Å²) in [5, 5.41) is 5.06. The summed E-state index contributed by atoms with van der Waals surface area (Å²) in [5.41, 5.74) is 3.09. The zero-order valence-electron chi connectivity index (χ0n) is 15.2. The number of H-pyrrole nitrogens is 1. The van der Waals surface area contributed by atoms with Gasteiger partial charge in [0.2, 0.25) is 0 Å². The van der Waals surface area contributed by atoms with Crippen molar-refractivity contribution in [3.05, 3.63) is 69.9 Å². The Balaban J connectivity index is 1.65. The van der Waals surface area contributed by atoms with Crippen LogP contribution in [0.1, 0.15) is 11.4 Å². The maximum atomic E-state index is 13.9. The smallest absolute Gasteiger partial charge is 0.266 e. The molecule has 0 aliphatic heterocycles. The van der Waals surface area contributed by atoms with Gasteiger partial charge in [0.05, 0.1) is 24.1 Å². The first-order valence-corrected chi connectivity index (χ1v) is 9.63. The van der Waals surface area contributed by atoms with E-state index in [4.69, 9.17) is 0 Å². The van der Waals surface area contributed by atoms with Gasteiger partial charge in [-0.05, 0) is 24.6 Å². The molecule has 0 amide bonds. The third kappa shape index (κ3) is 2.93. The molecule has 0 bridgehead atoms. The number of hydrogen-bond acceptors (Lipinski definition) is 7. The van der Waals surface area contributed by atoms with Crippen LogP contribution in [0.5, 0.6) is 0 Å². The highest BCUT2D eigenvalue weighted by molar-refractivity contribution is 7.15. The number of anilines is 1. The molecule has 0 saturated carbocycles. The molecule has 29 heavy (non-hydrogen) atoms. The summed E-state index contributed by atoms with van der Waals surface area (Å²) in [6.07, 6.45) is 2.95. The van der Waals surface area contributed by atoms with E-state index in [2.05, 4.69) is 30.2 Å². The lowest BCUT2D eigenvalue weighted by molar-refractivity contribution is 0.628. The van der Waals surface area contributed by atoms with Gasteiger partial charge in [-0.1, -0.05) is 12.1 Å². The largest absolute Gasteiger partial charge is 0.362 e. The van der Waals surface area contributed by atoms with Crippen LogP contribution in [-0.4, -0.2) is 29.3 Å². The van der Waals surface area contributed by atoms with Gasteiger partial charge in [0, 0.05) is 11.1 Å². The van der Waals surface area contributed by atoms with Crippen molar-refractivity contribution in [2.24, 2.45) is 0 Å². The Morgan fingerprint density at radius 2 is 2.17 bits per heavy atom. The maximum absolute atomic E-state index is 13.9. The predicted octanol–water partition coefficient (Wildman–Crippen LogP) is 3.15. The van der Waals surface area contributed by atoms with Gasteiger partial charge in [-0.3, -0.25) is 9.20 Å². The van der Waals surface area contributed by atoms with Crippen molar-refractivity contribution in [2.75, 3.05) is 5.32 Å². The minimum atomic E-state index is -0.414. The molecule has 0 spiro atoms. The Hall–Kier alpha value is -3.66. The first kappa shape index (κ1) is 17.4. The number of imidazole rings is 1. The number of hydrogen-bond donors (Lipinski definition) is 2. The maximum Gasteiger partial charge on any atom is 0.266 e. The van der Waals surface area contributed by atoms with Crippen molar-refractivity contribution < 1.29 is 4.39 Å². The van der Waals surface area contributed by atoms with Crippen molar-refractivity contribution in [1.82, 2.24) is 29.3 Å². The van der Waals surface area contributed by atoms with Crippen molar-refractivity contribution in [3.8, 4) is 11.1 Å². The summed E-state index contributed by atoms with van der Waals surface area (Å²) in [5.74, 6) is 0.130. The summed E-state index contributed by atoms with van der Waals surface area (Å²) in [6.45, 7) is 2.06. The van der Waals surface area contributed by atoms with E-state index < -0.39 is 5.82 Å². The molecule has 0 aliphatic carbocycles. The van der Waals surface area contributed by atoms with Crippen molar-refractivity contribution in [2.45, 2.75) is 13.5 Å². The standard InChI is InChI=1S/C19H14FN7OS/c1-10-7-29-19-26-13(6-21-16-15-17(23-8-22-15)25-9-24-16)14(18(28)27(10)19)11-3-2-4-12(20)5-11/h2-5,7-9H,6H2,1H3,(H2,21,22,23,24,25). The zero-order chi connectivity index (χ0) is 20.0.